The second-order valence-electron chi connectivity index (χ2n) is 3.58. The molecule has 0 amide bonds. The van der Waals surface area contributed by atoms with Gasteiger partial charge in [-0.15, -0.1) is 0 Å². The van der Waals surface area contributed by atoms with E-state index in [1.165, 1.54) is 0 Å². The van der Waals surface area contributed by atoms with Gasteiger partial charge in [0.2, 0.25) is 0 Å². The van der Waals surface area contributed by atoms with Crippen LogP contribution in [0.5, 0.6) is 0 Å². The molecule has 0 saturated heterocycles. The van der Waals surface area contributed by atoms with Crippen molar-refractivity contribution in [3.8, 4) is 0 Å². The van der Waals surface area contributed by atoms with E-state index in [9.17, 15) is 4.79 Å². The lowest BCUT2D eigenvalue weighted by molar-refractivity contribution is 0.104. The van der Waals surface area contributed by atoms with Crippen LogP contribution in [0.25, 0.3) is 6.08 Å². The van der Waals surface area contributed by atoms with Gasteiger partial charge in [-0.25, -0.2) is 0 Å². The van der Waals surface area contributed by atoms with Crippen LogP contribution in [0.1, 0.15) is 16.1 Å². The molecule has 0 N–H and O–H groups in total. The van der Waals surface area contributed by atoms with Gasteiger partial charge in [0.15, 0.2) is 5.78 Å². The first-order chi connectivity index (χ1) is 8.16. The number of benzene rings is 1. The van der Waals surface area contributed by atoms with Crippen LogP contribution in [0.2, 0.25) is 0 Å². The van der Waals surface area contributed by atoms with E-state index < -0.39 is 0 Å². The zero-order valence-electron chi connectivity index (χ0n) is 9.30. The summed E-state index contributed by atoms with van der Waals surface area (Å²) in [7, 11) is 1.84. The second-order valence-corrected chi connectivity index (χ2v) is 4.50. The Morgan fingerprint density at radius 2 is 2.00 bits per heavy atom. The molecule has 0 aliphatic carbocycles. The minimum absolute atomic E-state index is 0.0151. The zero-order chi connectivity index (χ0) is 12.3. The molecule has 0 radical (unpaired) electrons. The van der Waals surface area contributed by atoms with E-state index >= 15 is 0 Å². The molecule has 0 unspecified atom stereocenters. The number of hydrogen-bond donors (Lipinski definition) is 0. The number of ketones is 1. The first-order valence-electron chi connectivity index (χ1n) is 5.13. The number of allylic oxidation sites excluding steroid dienone is 1. The summed E-state index contributed by atoms with van der Waals surface area (Å²) in [6, 6.07) is 9.14. The second kappa shape index (κ2) is 5.10. The fourth-order valence-corrected chi connectivity index (χ4v) is 1.68. The third-order valence-electron chi connectivity index (χ3n) is 2.39. The molecule has 86 valence electrons. The quantitative estimate of drug-likeness (QED) is 0.643. The summed E-state index contributed by atoms with van der Waals surface area (Å²) in [6.45, 7) is 0. The van der Waals surface area contributed by atoms with Crippen molar-refractivity contribution in [2.45, 2.75) is 0 Å². The third-order valence-corrected chi connectivity index (χ3v) is 2.92. The van der Waals surface area contributed by atoms with Crippen molar-refractivity contribution in [3.05, 3.63) is 58.3 Å². The molecule has 1 aromatic heterocycles. The number of carbonyl (C=O) groups excluding carboxylic acids is 1. The van der Waals surface area contributed by atoms with E-state index in [-0.39, 0.29) is 5.78 Å². The van der Waals surface area contributed by atoms with Gasteiger partial charge >= 0.3 is 0 Å². The van der Waals surface area contributed by atoms with Gasteiger partial charge in [0.1, 0.15) is 0 Å². The van der Waals surface area contributed by atoms with Crippen molar-refractivity contribution >= 4 is 27.8 Å². The molecule has 2 aromatic rings. The summed E-state index contributed by atoms with van der Waals surface area (Å²) >= 11 is 3.33. The van der Waals surface area contributed by atoms with E-state index in [0.29, 0.717) is 5.56 Å². The minimum atomic E-state index is -0.0151. The van der Waals surface area contributed by atoms with Gasteiger partial charge < -0.3 is 0 Å². The number of aryl methyl sites for hydroxylation is 1. The molecule has 0 atom stereocenters. The van der Waals surface area contributed by atoms with Gasteiger partial charge in [0.25, 0.3) is 0 Å². The third kappa shape index (κ3) is 2.91. The van der Waals surface area contributed by atoms with Crippen LogP contribution in [0.15, 0.2) is 47.1 Å². The number of carbonyl (C=O) groups is 1. The number of hydrogen-bond acceptors (Lipinski definition) is 2. The van der Waals surface area contributed by atoms with Crippen LogP contribution in [0.3, 0.4) is 0 Å². The Morgan fingerprint density at radius 3 is 2.59 bits per heavy atom. The van der Waals surface area contributed by atoms with Crippen molar-refractivity contribution in [2.24, 2.45) is 7.05 Å². The lowest BCUT2D eigenvalue weighted by Crippen LogP contribution is -1.95. The van der Waals surface area contributed by atoms with Crippen LogP contribution in [-0.2, 0) is 7.05 Å². The Morgan fingerprint density at radius 1 is 1.29 bits per heavy atom. The summed E-state index contributed by atoms with van der Waals surface area (Å²) in [6.07, 6.45) is 5.02. The molecule has 1 aromatic carbocycles. The minimum Gasteiger partial charge on any atom is -0.289 e. The molecule has 0 spiro atoms. The number of nitrogens with zero attached hydrogens (tertiary/aromatic N) is 2. The van der Waals surface area contributed by atoms with E-state index in [1.807, 2.05) is 25.2 Å². The van der Waals surface area contributed by atoms with Gasteiger partial charge in [0, 0.05) is 23.3 Å². The van der Waals surface area contributed by atoms with Crippen molar-refractivity contribution in [2.75, 3.05) is 0 Å². The maximum absolute atomic E-state index is 11.8. The van der Waals surface area contributed by atoms with E-state index in [0.717, 1.165) is 10.2 Å². The molecular weight excluding hydrogens is 280 g/mol. The van der Waals surface area contributed by atoms with Crippen molar-refractivity contribution in [1.82, 2.24) is 9.78 Å². The molecule has 2 rings (SSSR count). The molecule has 0 aliphatic heterocycles. The topological polar surface area (TPSA) is 34.9 Å². The molecule has 0 fully saturated rings. The van der Waals surface area contributed by atoms with Gasteiger partial charge in [-0.3, -0.25) is 9.48 Å². The SMILES string of the molecule is Cn1nccc1/C=C/C(=O)c1ccc(Br)cc1. The molecule has 3 nitrogen and oxygen atoms in total. The maximum Gasteiger partial charge on any atom is 0.185 e. The summed E-state index contributed by atoms with van der Waals surface area (Å²) in [5, 5.41) is 4.03. The lowest BCUT2D eigenvalue weighted by Gasteiger charge is -1.96. The number of aromatic nitrogens is 2. The fraction of sp³-hybridized carbons (Fsp3) is 0.0769. The van der Waals surface area contributed by atoms with Crippen LogP contribution in [0.4, 0.5) is 0 Å². The van der Waals surface area contributed by atoms with Gasteiger partial charge in [-0.1, -0.05) is 15.9 Å². The Bertz CT molecular complexity index is 555. The summed E-state index contributed by atoms with van der Waals surface area (Å²) in [5.74, 6) is -0.0151. The van der Waals surface area contributed by atoms with Crippen LogP contribution in [-0.4, -0.2) is 15.6 Å². The highest BCUT2D eigenvalue weighted by Crippen LogP contribution is 2.11. The maximum atomic E-state index is 11.8. The number of rotatable bonds is 3. The van der Waals surface area contributed by atoms with Gasteiger partial charge in [-0.2, -0.15) is 5.10 Å². The van der Waals surface area contributed by atoms with Crippen molar-refractivity contribution in [3.63, 3.8) is 0 Å². The first-order valence-corrected chi connectivity index (χ1v) is 5.92. The highest BCUT2D eigenvalue weighted by Gasteiger charge is 2.01. The lowest BCUT2D eigenvalue weighted by atomic mass is 10.1. The number of halogens is 1. The smallest absolute Gasteiger partial charge is 0.185 e. The summed E-state index contributed by atoms with van der Waals surface area (Å²) in [4.78, 5) is 11.8. The van der Waals surface area contributed by atoms with Crippen molar-refractivity contribution in [1.29, 1.82) is 0 Å². The Kier molecular flexibility index (Phi) is 3.54. The molecule has 4 heteroatoms. The average molecular weight is 291 g/mol. The van der Waals surface area contributed by atoms with E-state index in [2.05, 4.69) is 21.0 Å². The van der Waals surface area contributed by atoms with Crippen LogP contribution >= 0.6 is 15.9 Å². The van der Waals surface area contributed by atoms with E-state index in [4.69, 9.17) is 0 Å². The van der Waals surface area contributed by atoms with E-state index in [1.54, 1.807) is 35.2 Å². The normalized spacial score (nSPS) is 10.9. The largest absolute Gasteiger partial charge is 0.289 e. The molecule has 0 bridgehead atoms. The molecule has 0 saturated carbocycles. The Labute approximate surface area is 108 Å². The highest BCUT2D eigenvalue weighted by molar-refractivity contribution is 9.10. The van der Waals surface area contributed by atoms with Crippen molar-refractivity contribution < 1.29 is 4.79 Å². The molecule has 0 aliphatic rings. The van der Waals surface area contributed by atoms with Gasteiger partial charge in [-0.05, 0) is 42.5 Å². The van der Waals surface area contributed by atoms with Gasteiger partial charge in [0.05, 0.1) is 5.69 Å². The zero-order valence-corrected chi connectivity index (χ0v) is 10.9. The Hall–Kier alpha value is -1.68. The predicted octanol–water partition coefficient (Wildman–Crippen LogP) is 3.08. The fourth-order valence-electron chi connectivity index (χ4n) is 1.42. The average Bonchev–Trinajstić information content (AvgIpc) is 2.73. The molecule has 1 heterocycles. The van der Waals surface area contributed by atoms with Crippen LogP contribution in [0, 0.1) is 0 Å². The highest BCUT2D eigenvalue weighted by atomic mass is 79.9. The van der Waals surface area contributed by atoms with Crippen LogP contribution < -0.4 is 0 Å². The summed E-state index contributed by atoms with van der Waals surface area (Å²) < 4.78 is 2.68. The Balaban J connectivity index is 2.14. The predicted molar refractivity (Wildman–Crippen MR) is 70.7 cm³/mol. The standard InChI is InChI=1S/C13H11BrN2O/c1-16-12(8-9-15-16)6-7-13(17)10-2-4-11(14)5-3-10/h2-9H,1H3/b7-6+. The first kappa shape index (κ1) is 11.8. The molecule has 17 heavy (non-hydrogen) atoms. The monoisotopic (exact) mass is 290 g/mol. The molecular formula is C13H11BrN2O. The summed E-state index contributed by atoms with van der Waals surface area (Å²) in [5.41, 5.74) is 1.57.